The number of carbonyl (C=O) groups excluding carboxylic acids is 1. The highest BCUT2D eigenvalue weighted by atomic mass is 16.5. The van der Waals surface area contributed by atoms with E-state index < -0.39 is 6.09 Å². The van der Waals surface area contributed by atoms with Crippen molar-refractivity contribution >= 4 is 22.7 Å². The van der Waals surface area contributed by atoms with Crippen molar-refractivity contribution in [2.45, 2.75) is 51.6 Å². The van der Waals surface area contributed by atoms with E-state index in [0.717, 1.165) is 30.0 Å². The zero-order valence-corrected chi connectivity index (χ0v) is 15.7. The van der Waals surface area contributed by atoms with Gasteiger partial charge in [0.2, 0.25) is 0 Å². The first-order valence-corrected chi connectivity index (χ1v) is 9.88. The summed E-state index contributed by atoms with van der Waals surface area (Å²) in [6.45, 7) is 3.94. The number of amides is 1. The predicted octanol–water partition coefficient (Wildman–Crippen LogP) is 4.13. The minimum absolute atomic E-state index is 0.302. The van der Waals surface area contributed by atoms with Crippen molar-refractivity contribution in [3.05, 3.63) is 40.2 Å². The molecule has 1 saturated heterocycles. The maximum absolute atomic E-state index is 12.1. The molecule has 27 heavy (non-hydrogen) atoms. The summed E-state index contributed by atoms with van der Waals surface area (Å²) < 4.78 is 10.3. The number of carbonyl (C=O) groups is 1. The minimum Gasteiger partial charge on any atom is -0.450 e. The van der Waals surface area contributed by atoms with Crippen LogP contribution < -0.4 is 10.9 Å². The van der Waals surface area contributed by atoms with Crippen molar-refractivity contribution in [3.63, 3.8) is 0 Å². The highest BCUT2D eigenvalue weighted by molar-refractivity contribution is 5.89. The van der Waals surface area contributed by atoms with Crippen LogP contribution in [0.25, 0.3) is 11.0 Å². The maximum Gasteiger partial charge on any atom is 0.411 e. The zero-order chi connectivity index (χ0) is 18.8. The van der Waals surface area contributed by atoms with E-state index in [1.54, 1.807) is 19.1 Å². The monoisotopic (exact) mass is 370 g/mol. The van der Waals surface area contributed by atoms with Gasteiger partial charge in [-0.1, -0.05) is 19.3 Å². The SMILES string of the molecule is CCOC(=O)Nc1ccc2c(CN3CC4CCCCCC43)cc(=O)oc2c1. The highest BCUT2D eigenvalue weighted by Crippen LogP contribution is 2.37. The molecule has 0 radical (unpaired) electrons. The van der Waals surface area contributed by atoms with Crippen LogP contribution in [0.15, 0.2) is 33.5 Å². The summed E-state index contributed by atoms with van der Waals surface area (Å²) in [5, 5.41) is 3.57. The van der Waals surface area contributed by atoms with Gasteiger partial charge in [-0.05, 0) is 43.4 Å². The van der Waals surface area contributed by atoms with Crippen LogP contribution in [0.3, 0.4) is 0 Å². The molecule has 1 amide bonds. The number of fused-ring (bicyclic) bond motifs is 2. The summed E-state index contributed by atoms with van der Waals surface area (Å²) in [6, 6.07) is 7.65. The lowest BCUT2D eigenvalue weighted by Gasteiger charge is -2.48. The van der Waals surface area contributed by atoms with Gasteiger partial charge >= 0.3 is 11.7 Å². The number of anilines is 1. The number of hydrogen-bond acceptors (Lipinski definition) is 5. The van der Waals surface area contributed by atoms with E-state index in [1.165, 1.54) is 32.1 Å². The van der Waals surface area contributed by atoms with E-state index in [9.17, 15) is 9.59 Å². The summed E-state index contributed by atoms with van der Waals surface area (Å²) in [5.41, 5.74) is 1.68. The largest absolute Gasteiger partial charge is 0.450 e. The lowest BCUT2D eigenvalue weighted by atomic mass is 9.84. The third-order valence-corrected chi connectivity index (χ3v) is 5.78. The van der Waals surface area contributed by atoms with E-state index in [1.807, 2.05) is 12.1 Å². The second-order valence-electron chi connectivity index (χ2n) is 7.54. The normalized spacial score (nSPS) is 22.6. The van der Waals surface area contributed by atoms with Gasteiger partial charge in [-0.25, -0.2) is 9.59 Å². The number of ether oxygens (including phenoxy) is 1. The van der Waals surface area contributed by atoms with Crippen LogP contribution >= 0.6 is 0 Å². The van der Waals surface area contributed by atoms with Crippen molar-refractivity contribution in [1.29, 1.82) is 0 Å². The Morgan fingerprint density at radius 2 is 2.11 bits per heavy atom. The van der Waals surface area contributed by atoms with Crippen LogP contribution in [0.2, 0.25) is 0 Å². The standard InChI is InChI=1S/C21H26N2O4/c1-2-26-21(25)22-16-8-9-17-15(10-20(24)27-19(17)11-16)13-23-12-14-6-4-3-5-7-18(14)23/h8-11,14,18H,2-7,12-13H2,1H3,(H,22,25). The van der Waals surface area contributed by atoms with E-state index in [0.29, 0.717) is 23.9 Å². The Labute approximate surface area is 158 Å². The van der Waals surface area contributed by atoms with Crippen LogP contribution in [0.5, 0.6) is 0 Å². The molecular formula is C21H26N2O4. The maximum atomic E-state index is 12.1. The zero-order valence-electron chi connectivity index (χ0n) is 15.7. The Morgan fingerprint density at radius 1 is 1.26 bits per heavy atom. The van der Waals surface area contributed by atoms with Gasteiger partial charge in [0.25, 0.3) is 0 Å². The molecule has 2 unspecified atom stereocenters. The fraction of sp³-hybridized carbons (Fsp3) is 0.524. The van der Waals surface area contributed by atoms with Crippen LogP contribution in [0, 0.1) is 5.92 Å². The smallest absolute Gasteiger partial charge is 0.411 e. The molecule has 144 valence electrons. The van der Waals surface area contributed by atoms with Crippen molar-refractivity contribution < 1.29 is 13.9 Å². The number of nitrogens with zero attached hydrogens (tertiary/aromatic N) is 1. The number of nitrogens with one attached hydrogen (secondary N) is 1. The first-order valence-electron chi connectivity index (χ1n) is 9.88. The first-order chi connectivity index (χ1) is 13.1. The second kappa shape index (κ2) is 7.72. The van der Waals surface area contributed by atoms with Crippen molar-refractivity contribution in [1.82, 2.24) is 4.90 Å². The number of hydrogen-bond donors (Lipinski definition) is 1. The van der Waals surface area contributed by atoms with Gasteiger partial charge in [0, 0.05) is 42.3 Å². The molecule has 2 aromatic rings. The molecule has 1 aliphatic heterocycles. The van der Waals surface area contributed by atoms with Gasteiger partial charge in [0.15, 0.2) is 0 Å². The third kappa shape index (κ3) is 3.86. The molecule has 4 rings (SSSR count). The number of rotatable bonds is 4. The molecule has 1 aromatic carbocycles. The Hall–Kier alpha value is -2.34. The quantitative estimate of drug-likeness (QED) is 0.820. The van der Waals surface area contributed by atoms with Crippen LogP contribution in [-0.2, 0) is 11.3 Å². The molecule has 1 saturated carbocycles. The van der Waals surface area contributed by atoms with Crippen LogP contribution in [0.4, 0.5) is 10.5 Å². The Morgan fingerprint density at radius 3 is 2.96 bits per heavy atom. The average Bonchev–Trinajstić information content (AvgIpc) is 2.80. The van der Waals surface area contributed by atoms with Crippen LogP contribution in [-0.4, -0.2) is 30.2 Å². The van der Waals surface area contributed by atoms with E-state index in [4.69, 9.17) is 9.15 Å². The Bertz CT molecular complexity index is 891. The highest BCUT2D eigenvalue weighted by Gasteiger charge is 2.38. The second-order valence-corrected chi connectivity index (χ2v) is 7.54. The summed E-state index contributed by atoms with van der Waals surface area (Å²) >= 11 is 0. The minimum atomic E-state index is -0.518. The van der Waals surface area contributed by atoms with Gasteiger partial charge in [0.1, 0.15) is 5.58 Å². The molecule has 6 heteroatoms. The summed E-state index contributed by atoms with van der Waals surface area (Å²) in [5.74, 6) is 0.819. The van der Waals surface area contributed by atoms with Gasteiger partial charge < -0.3 is 9.15 Å². The number of benzene rings is 1. The van der Waals surface area contributed by atoms with Crippen molar-refractivity contribution in [2.75, 3.05) is 18.5 Å². The summed E-state index contributed by atoms with van der Waals surface area (Å²) in [6.07, 6.45) is 6.07. The summed E-state index contributed by atoms with van der Waals surface area (Å²) in [4.78, 5) is 26.2. The lowest BCUT2D eigenvalue weighted by molar-refractivity contribution is 0.00326. The topological polar surface area (TPSA) is 71.8 Å². The first kappa shape index (κ1) is 18.0. The molecule has 2 heterocycles. The van der Waals surface area contributed by atoms with Crippen LogP contribution in [0.1, 0.15) is 44.6 Å². The number of likely N-dealkylation sites (tertiary alicyclic amines) is 1. The fourth-order valence-corrected chi connectivity index (χ4v) is 4.48. The van der Waals surface area contributed by atoms with Gasteiger partial charge in [0.05, 0.1) is 6.61 Å². The van der Waals surface area contributed by atoms with Crippen molar-refractivity contribution in [2.24, 2.45) is 5.92 Å². The van der Waals surface area contributed by atoms with E-state index in [-0.39, 0.29) is 5.63 Å². The summed E-state index contributed by atoms with van der Waals surface area (Å²) in [7, 11) is 0. The lowest BCUT2D eigenvalue weighted by Crippen LogP contribution is -2.54. The van der Waals surface area contributed by atoms with E-state index in [2.05, 4.69) is 10.2 Å². The molecular weight excluding hydrogens is 344 g/mol. The molecule has 0 bridgehead atoms. The van der Waals surface area contributed by atoms with Gasteiger partial charge in [-0.2, -0.15) is 0 Å². The van der Waals surface area contributed by atoms with Gasteiger partial charge in [-0.15, -0.1) is 0 Å². The van der Waals surface area contributed by atoms with Gasteiger partial charge in [-0.3, -0.25) is 10.2 Å². The molecule has 1 aliphatic carbocycles. The van der Waals surface area contributed by atoms with Crippen molar-refractivity contribution in [3.8, 4) is 0 Å². The third-order valence-electron chi connectivity index (χ3n) is 5.78. The fourth-order valence-electron chi connectivity index (χ4n) is 4.48. The molecule has 2 fully saturated rings. The predicted molar refractivity (Wildman–Crippen MR) is 104 cm³/mol. The molecule has 1 N–H and O–H groups in total. The Kier molecular flexibility index (Phi) is 5.16. The molecule has 6 nitrogen and oxygen atoms in total. The molecule has 2 atom stereocenters. The van der Waals surface area contributed by atoms with E-state index >= 15 is 0 Å². The molecule has 2 aliphatic rings. The molecule has 1 aromatic heterocycles. The molecule has 0 spiro atoms. The average molecular weight is 370 g/mol. The Balaban J connectivity index is 1.56.